The number of carbonyl (C=O) groups excluding carboxylic acids is 1. The summed E-state index contributed by atoms with van der Waals surface area (Å²) < 4.78 is 68.5. The van der Waals surface area contributed by atoms with Gasteiger partial charge in [0.15, 0.2) is 28.6 Å². The van der Waals surface area contributed by atoms with Gasteiger partial charge in [0.1, 0.15) is 17.7 Å². The summed E-state index contributed by atoms with van der Waals surface area (Å²) in [6.45, 7) is -0.0386. The Bertz CT molecular complexity index is 1310. The zero-order chi connectivity index (χ0) is 24.5. The van der Waals surface area contributed by atoms with Crippen LogP contribution in [0.3, 0.4) is 0 Å². The summed E-state index contributed by atoms with van der Waals surface area (Å²) in [5.74, 6) is -1.44. The van der Waals surface area contributed by atoms with Crippen molar-refractivity contribution in [1.29, 1.82) is 0 Å². The maximum atomic E-state index is 15.0. The monoisotopic (exact) mass is 505 g/mol. The highest BCUT2D eigenvalue weighted by Crippen LogP contribution is 2.33. The molecule has 3 aromatic rings. The number of hydrogen-bond donors (Lipinski definition) is 1. The molecule has 1 atom stereocenters. The molecule has 1 unspecified atom stereocenters. The van der Waals surface area contributed by atoms with Crippen LogP contribution in [-0.4, -0.2) is 48.7 Å². The van der Waals surface area contributed by atoms with Gasteiger partial charge >= 0.3 is 6.09 Å². The average molecular weight is 505 g/mol. The molecule has 9 nitrogen and oxygen atoms in total. The predicted octanol–water partition coefficient (Wildman–Crippen LogP) is 3.71. The van der Waals surface area contributed by atoms with Crippen LogP contribution in [0, 0.1) is 11.6 Å². The van der Waals surface area contributed by atoms with Gasteiger partial charge in [-0.2, -0.15) is 0 Å². The van der Waals surface area contributed by atoms with Crippen LogP contribution in [-0.2, 0) is 24.3 Å². The minimum absolute atomic E-state index is 0.0104. The number of rotatable bonds is 7. The third-order valence-corrected chi connectivity index (χ3v) is 6.48. The Hall–Kier alpha value is -3.71. The fraction of sp³-hybridized carbons (Fsp3) is 0.227. The van der Waals surface area contributed by atoms with E-state index in [9.17, 15) is 22.2 Å². The number of hydrogen-bond acceptors (Lipinski definition) is 6. The molecule has 1 aromatic carbocycles. The molecule has 1 amide bonds. The topological polar surface area (TPSA) is 96.9 Å². The van der Waals surface area contributed by atoms with Crippen molar-refractivity contribution >= 4 is 23.1 Å². The highest BCUT2D eigenvalue weighted by atomic mass is 32.2. The largest absolute Gasteiger partial charge is 0.436 e. The molecule has 5 rings (SSSR count). The van der Waals surface area contributed by atoms with E-state index in [1.54, 1.807) is 12.1 Å². The standard InChI is InChI=1S/C22H18F3N5O4S/c23-15-11-30(12-15)35(32)28-20-19(25)14(5-7-26-20)10-29-9-13-3-4-16(8-18(13)34-22(29)31)33-21-17(24)2-1-6-27-21/h1-8,15H,9-12H2,(H,26,28). The van der Waals surface area contributed by atoms with Crippen LogP contribution in [0.15, 0.2) is 48.8 Å². The van der Waals surface area contributed by atoms with Gasteiger partial charge in [0, 0.05) is 42.7 Å². The second-order valence-electron chi connectivity index (χ2n) is 7.81. The molecule has 13 heteroatoms. The number of halogens is 3. The van der Waals surface area contributed by atoms with E-state index in [2.05, 4.69) is 14.7 Å². The molecular formula is C22H18F3N5O4S. The second kappa shape index (κ2) is 9.50. The summed E-state index contributed by atoms with van der Waals surface area (Å²) in [5, 5.41) is 0. The van der Waals surface area contributed by atoms with Crippen LogP contribution in [0.5, 0.6) is 17.4 Å². The Morgan fingerprint density at radius 2 is 2.00 bits per heavy atom. The molecule has 0 radical (unpaired) electrons. The molecule has 2 aliphatic rings. The summed E-state index contributed by atoms with van der Waals surface area (Å²) >= 11 is -1.83. The summed E-state index contributed by atoms with van der Waals surface area (Å²) in [6.07, 6.45) is 0.921. The van der Waals surface area contributed by atoms with E-state index in [-0.39, 0.29) is 54.9 Å². The van der Waals surface area contributed by atoms with Gasteiger partial charge in [-0.05, 0) is 30.3 Å². The number of ether oxygens (including phenoxy) is 2. The fourth-order valence-electron chi connectivity index (χ4n) is 3.48. The fourth-order valence-corrected chi connectivity index (χ4v) is 4.52. The molecule has 0 bridgehead atoms. The first-order valence-electron chi connectivity index (χ1n) is 10.5. The van der Waals surface area contributed by atoms with Gasteiger partial charge in [0.2, 0.25) is 0 Å². The number of aromatic nitrogens is 2. The van der Waals surface area contributed by atoms with E-state index in [0.29, 0.717) is 5.56 Å². The first kappa shape index (κ1) is 23.1. The van der Waals surface area contributed by atoms with Crippen molar-refractivity contribution in [3.8, 4) is 17.4 Å². The molecular weight excluding hydrogens is 487 g/mol. The van der Waals surface area contributed by atoms with Crippen molar-refractivity contribution in [2.45, 2.75) is 19.3 Å². The first-order valence-corrected chi connectivity index (χ1v) is 11.6. The zero-order valence-electron chi connectivity index (χ0n) is 18.0. The molecule has 1 N–H and O–H groups in total. The summed E-state index contributed by atoms with van der Waals surface area (Å²) in [4.78, 5) is 21.5. The number of nitrogens with zero attached hydrogens (tertiary/aromatic N) is 4. The Morgan fingerprint density at radius 1 is 1.17 bits per heavy atom. The number of amides is 1. The van der Waals surface area contributed by atoms with E-state index >= 15 is 0 Å². The van der Waals surface area contributed by atoms with Crippen molar-refractivity contribution in [1.82, 2.24) is 19.2 Å². The normalized spacial score (nSPS) is 16.8. The number of alkyl halides is 1. The Balaban J connectivity index is 1.28. The predicted molar refractivity (Wildman–Crippen MR) is 118 cm³/mol. The molecule has 1 saturated heterocycles. The quantitative estimate of drug-likeness (QED) is 0.526. The third kappa shape index (κ3) is 4.91. The van der Waals surface area contributed by atoms with E-state index in [1.807, 2.05) is 0 Å². The van der Waals surface area contributed by atoms with Crippen LogP contribution in [0.4, 0.5) is 23.8 Å². The van der Waals surface area contributed by atoms with Gasteiger partial charge in [-0.15, -0.1) is 0 Å². The summed E-state index contributed by atoms with van der Waals surface area (Å²) in [5.41, 5.74) is 0.753. The highest BCUT2D eigenvalue weighted by molar-refractivity contribution is 7.84. The van der Waals surface area contributed by atoms with Gasteiger partial charge in [0.25, 0.3) is 5.88 Å². The Labute approximate surface area is 200 Å². The SMILES string of the molecule is O=C1Oc2cc(Oc3ncccc3F)ccc2CN1Cc1ccnc(NS(=O)N2CC(F)C2)c1F. The van der Waals surface area contributed by atoms with Gasteiger partial charge in [-0.3, -0.25) is 9.62 Å². The minimum Gasteiger partial charge on any atom is -0.436 e. The lowest BCUT2D eigenvalue weighted by Gasteiger charge is -2.32. The van der Waals surface area contributed by atoms with Crippen molar-refractivity contribution in [3.63, 3.8) is 0 Å². The van der Waals surface area contributed by atoms with E-state index in [4.69, 9.17) is 9.47 Å². The lowest BCUT2D eigenvalue weighted by molar-refractivity contribution is 0.134. The van der Waals surface area contributed by atoms with Crippen LogP contribution < -0.4 is 14.2 Å². The number of benzene rings is 1. The van der Waals surface area contributed by atoms with Crippen molar-refractivity contribution in [3.05, 3.63) is 71.6 Å². The minimum atomic E-state index is -1.83. The molecule has 1 fully saturated rings. The number of pyridine rings is 2. The van der Waals surface area contributed by atoms with Crippen LogP contribution in [0.25, 0.3) is 0 Å². The van der Waals surface area contributed by atoms with Crippen molar-refractivity contribution < 1.29 is 31.6 Å². The van der Waals surface area contributed by atoms with Gasteiger partial charge in [-0.25, -0.2) is 36.4 Å². The van der Waals surface area contributed by atoms with Crippen molar-refractivity contribution in [2.24, 2.45) is 0 Å². The Kier molecular flexibility index (Phi) is 6.26. The van der Waals surface area contributed by atoms with Gasteiger partial charge in [-0.1, -0.05) is 0 Å². The van der Waals surface area contributed by atoms with E-state index < -0.39 is 35.1 Å². The second-order valence-corrected chi connectivity index (χ2v) is 9.03. The Morgan fingerprint density at radius 3 is 2.77 bits per heavy atom. The number of carbonyl (C=O) groups is 1. The molecule has 2 aromatic heterocycles. The van der Waals surface area contributed by atoms with Crippen LogP contribution in [0.2, 0.25) is 0 Å². The molecule has 2 aliphatic heterocycles. The average Bonchev–Trinajstić information content (AvgIpc) is 2.81. The smallest absolute Gasteiger partial charge is 0.415 e. The van der Waals surface area contributed by atoms with E-state index in [1.165, 1.54) is 45.9 Å². The molecule has 4 heterocycles. The molecule has 0 aliphatic carbocycles. The number of anilines is 1. The first-order chi connectivity index (χ1) is 16.9. The lowest BCUT2D eigenvalue weighted by atomic mass is 10.1. The maximum absolute atomic E-state index is 15.0. The highest BCUT2D eigenvalue weighted by Gasteiger charge is 2.32. The number of nitrogens with one attached hydrogen (secondary N) is 1. The summed E-state index contributed by atoms with van der Waals surface area (Å²) in [6, 6.07) is 8.70. The molecule has 0 spiro atoms. The van der Waals surface area contributed by atoms with Crippen LogP contribution in [0.1, 0.15) is 11.1 Å². The lowest BCUT2D eigenvalue weighted by Crippen LogP contribution is -2.50. The van der Waals surface area contributed by atoms with Gasteiger partial charge < -0.3 is 9.47 Å². The van der Waals surface area contributed by atoms with Crippen molar-refractivity contribution in [2.75, 3.05) is 17.8 Å². The molecule has 35 heavy (non-hydrogen) atoms. The number of fused-ring (bicyclic) bond motifs is 1. The third-order valence-electron chi connectivity index (χ3n) is 5.35. The molecule has 0 saturated carbocycles. The zero-order valence-corrected chi connectivity index (χ0v) is 18.8. The maximum Gasteiger partial charge on any atom is 0.415 e. The van der Waals surface area contributed by atoms with E-state index in [0.717, 1.165) is 0 Å². The molecule has 182 valence electrons. The van der Waals surface area contributed by atoms with Gasteiger partial charge in [0.05, 0.1) is 13.1 Å². The van der Waals surface area contributed by atoms with Crippen LogP contribution >= 0.6 is 0 Å². The summed E-state index contributed by atoms with van der Waals surface area (Å²) in [7, 11) is 0.